The first kappa shape index (κ1) is 20.2. The van der Waals surface area contributed by atoms with Crippen molar-refractivity contribution in [2.24, 2.45) is 0 Å². The third-order valence-electron chi connectivity index (χ3n) is 5.75. The topological polar surface area (TPSA) is 77.8 Å². The Morgan fingerprint density at radius 2 is 1.87 bits per heavy atom. The fourth-order valence-electron chi connectivity index (χ4n) is 3.98. The van der Waals surface area contributed by atoms with Crippen molar-refractivity contribution in [1.82, 2.24) is 5.32 Å². The Morgan fingerprint density at radius 3 is 2.63 bits per heavy atom. The van der Waals surface area contributed by atoms with Gasteiger partial charge in [-0.2, -0.15) is 0 Å². The molecule has 0 bridgehead atoms. The molecule has 2 aromatic carbocycles. The van der Waals surface area contributed by atoms with Crippen molar-refractivity contribution in [2.75, 3.05) is 26.4 Å². The fraction of sp³-hybridized carbons (Fsp3) is 0.333. The highest BCUT2D eigenvalue weighted by molar-refractivity contribution is 5.81. The van der Waals surface area contributed by atoms with Crippen LogP contribution in [0.4, 0.5) is 0 Å². The molecule has 6 nitrogen and oxygen atoms in total. The monoisotopic (exact) mass is 407 g/mol. The van der Waals surface area contributed by atoms with Crippen LogP contribution in [-0.2, 0) is 14.9 Å². The first-order valence-corrected chi connectivity index (χ1v) is 10.1. The molecule has 1 aromatic heterocycles. The largest absolute Gasteiger partial charge is 0.484 e. The number of hydrogen-bond acceptors (Lipinski definition) is 5. The number of carbonyl (C=O) groups is 1. The highest BCUT2D eigenvalue weighted by Gasteiger charge is 2.34. The number of ether oxygens (including phenoxy) is 2. The third-order valence-corrected chi connectivity index (χ3v) is 5.75. The number of fused-ring (bicyclic) bond motifs is 1. The summed E-state index contributed by atoms with van der Waals surface area (Å²) in [5, 5.41) is 3.87. The predicted octanol–water partition coefficient (Wildman–Crippen LogP) is 3.34. The van der Waals surface area contributed by atoms with E-state index in [4.69, 9.17) is 13.9 Å². The average molecular weight is 407 g/mol. The lowest BCUT2D eigenvalue weighted by Crippen LogP contribution is -2.45. The summed E-state index contributed by atoms with van der Waals surface area (Å²) < 4.78 is 16.4. The Bertz CT molecular complexity index is 1080. The summed E-state index contributed by atoms with van der Waals surface area (Å²) in [7, 11) is 0. The van der Waals surface area contributed by atoms with Gasteiger partial charge in [0, 0.05) is 42.7 Å². The van der Waals surface area contributed by atoms with E-state index in [1.54, 1.807) is 12.1 Å². The number of amides is 1. The quantitative estimate of drug-likeness (QED) is 0.634. The summed E-state index contributed by atoms with van der Waals surface area (Å²) in [5.41, 5.74) is 1.97. The number of carbonyl (C=O) groups excluding carboxylic acids is 1. The molecule has 6 heteroatoms. The number of benzene rings is 2. The van der Waals surface area contributed by atoms with E-state index in [0.717, 1.165) is 23.8 Å². The SMILES string of the molecule is Cc1cc(=O)oc2cc(OCC(=O)NCC3(c4ccccc4)CCOCC3)ccc12. The van der Waals surface area contributed by atoms with E-state index >= 15 is 0 Å². The smallest absolute Gasteiger partial charge is 0.336 e. The van der Waals surface area contributed by atoms with Gasteiger partial charge in [-0.05, 0) is 43.0 Å². The molecule has 1 aliphatic heterocycles. The van der Waals surface area contributed by atoms with E-state index in [-0.39, 0.29) is 17.9 Å². The van der Waals surface area contributed by atoms with Crippen molar-refractivity contribution in [3.63, 3.8) is 0 Å². The Hall–Kier alpha value is -3.12. The molecule has 1 saturated heterocycles. The van der Waals surface area contributed by atoms with E-state index in [9.17, 15) is 9.59 Å². The summed E-state index contributed by atoms with van der Waals surface area (Å²) in [4.78, 5) is 24.0. The molecular formula is C24H25NO5. The molecular weight excluding hydrogens is 382 g/mol. The van der Waals surface area contributed by atoms with Crippen molar-refractivity contribution in [2.45, 2.75) is 25.2 Å². The summed E-state index contributed by atoms with van der Waals surface area (Å²) in [5.74, 6) is 0.290. The van der Waals surface area contributed by atoms with E-state index in [2.05, 4.69) is 17.4 Å². The van der Waals surface area contributed by atoms with Gasteiger partial charge in [-0.15, -0.1) is 0 Å². The molecule has 156 valence electrons. The van der Waals surface area contributed by atoms with Crippen LogP contribution >= 0.6 is 0 Å². The number of aryl methyl sites for hydroxylation is 1. The maximum Gasteiger partial charge on any atom is 0.336 e. The van der Waals surface area contributed by atoms with Crippen LogP contribution in [0.15, 0.2) is 63.8 Å². The molecule has 30 heavy (non-hydrogen) atoms. The summed E-state index contributed by atoms with van der Waals surface area (Å²) >= 11 is 0. The lowest BCUT2D eigenvalue weighted by molar-refractivity contribution is -0.123. The Kier molecular flexibility index (Phi) is 5.86. The standard InChI is InChI=1S/C24H25NO5/c1-17-13-23(27)30-21-14-19(7-8-20(17)21)29-15-22(26)25-16-24(9-11-28-12-10-24)18-5-3-2-4-6-18/h2-8,13-14H,9-12,15-16H2,1H3,(H,25,26). The maximum atomic E-state index is 12.5. The van der Waals surface area contributed by atoms with Crippen molar-refractivity contribution in [1.29, 1.82) is 0 Å². The van der Waals surface area contributed by atoms with Gasteiger partial charge in [0.25, 0.3) is 5.91 Å². The molecule has 0 aliphatic carbocycles. The molecule has 1 N–H and O–H groups in total. The van der Waals surface area contributed by atoms with Crippen LogP contribution in [0.2, 0.25) is 0 Å². The molecule has 0 radical (unpaired) electrons. The Balaban J connectivity index is 1.40. The minimum Gasteiger partial charge on any atom is -0.484 e. The second-order valence-electron chi connectivity index (χ2n) is 7.73. The fourth-order valence-corrected chi connectivity index (χ4v) is 3.98. The zero-order chi connectivity index (χ0) is 21.0. The van der Waals surface area contributed by atoms with Gasteiger partial charge in [0.15, 0.2) is 6.61 Å². The molecule has 0 atom stereocenters. The van der Waals surface area contributed by atoms with E-state index in [0.29, 0.717) is 31.1 Å². The van der Waals surface area contributed by atoms with Crippen LogP contribution in [0.25, 0.3) is 11.0 Å². The average Bonchev–Trinajstić information content (AvgIpc) is 2.77. The molecule has 0 spiro atoms. The second-order valence-corrected chi connectivity index (χ2v) is 7.73. The van der Waals surface area contributed by atoms with Gasteiger partial charge in [-0.3, -0.25) is 4.79 Å². The van der Waals surface area contributed by atoms with Gasteiger partial charge in [0.2, 0.25) is 0 Å². The third kappa shape index (κ3) is 4.39. The molecule has 4 rings (SSSR count). The molecule has 2 heterocycles. The van der Waals surface area contributed by atoms with Crippen molar-refractivity contribution in [3.05, 3.63) is 76.1 Å². The maximum absolute atomic E-state index is 12.5. The van der Waals surface area contributed by atoms with E-state index in [1.165, 1.54) is 11.6 Å². The van der Waals surface area contributed by atoms with Gasteiger partial charge in [0.1, 0.15) is 11.3 Å². The van der Waals surface area contributed by atoms with Crippen LogP contribution in [0.1, 0.15) is 24.0 Å². The highest BCUT2D eigenvalue weighted by atomic mass is 16.5. The minimum absolute atomic E-state index is 0.108. The van der Waals surface area contributed by atoms with Gasteiger partial charge in [-0.25, -0.2) is 4.79 Å². The van der Waals surface area contributed by atoms with Crippen molar-refractivity contribution >= 4 is 16.9 Å². The van der Waals surface area contributed by atoms with Crippen molar-refractivity contribution in [3.8, 4) is 5.75 Å². The van der Waals surface area contributed by atoms with Crippen LogP contribution in [0.3, 0.4) is 0 Å². The van der Waals surface area contributed by atoms with Gasteiger partial charge >= 0.3 is 5.63 Å². The zero-order valence-corrected chi connectivity index (χ0v) is 17.0. The first-order valence-electron chi connectivity index (χ1n) is 10.1. The van der Waals surface area contributed by atoms with Gasteiger partial charge in [-0.1, -0.05) is 30.3 Å². The molecule has 3 aromatic rings. The van der Waals surface area contributed by atoms with Gasteiger partial charge in [0.05, 0.1) is 0 Å². The molecule has 0 saturated carbocycles. The normalized spacial score (nSPS) is 15.6. The minimum atomic E-state index is -0.405. The molecule has 1 fully saturated rings. The lowest BCUT2D eigenvalue weighted by atomic mass is 9.74. The van der Waals surface area contributed by atoms with Gasteiger partial charge < -0.3 is 19.2 Å². The van der Waals surface area contributed by atoms with Crippen LogP contribution < -0.4 is 15.7 Å². The van der Waals surface area contributed by atoms with Crippen LogP contribution in [-0.4, -0.2) is 32.3 Å². The number of nitrogens with one attached hydrogen (secondary N) is 1. The molecule has 1 aliphatic rings. The summed E-state index contributed by atoms with van der Waals surface area (Å²) in [6, 6.07) is 17.0. The molecule has 1 amide bonds. The Labute approximate surface area is 174 Å². The number of hydrogen-bond donors (Lipinski definition) is 1. The van der Waals surface area contributed by atoms with E-state index in [1.807, 2.05) is 31.2 Å². The van der Waals surface area contributed by atoms with Crippen LogP contribution in [0, 0.1) is 6.92 Å². The predicted molar refractivity (Wildman–Crippen MR) is 114 cm³/mol. The number of rotatable bonds is 6. The van der Waals surface area contributed by atoms with Crippen LogP contribution in [0.5, 0.6) is 5.75 Å². The summed E-state index contributed by atoms with van der Waals surface area (Å²) in [6.45, 7) is 3.65. The second kappa shape index (κ2) is 8.71. The van der Waals surface area contributed by atoms with E-state index < -0.39 is 5.63 Å². The van der Waals surface area contributed by atoms with Crippen molar-refractivity contribution < 1.29 is 18.7 Å². The summed E-state index contributed by atoms with van der Waals surface area (Å²) in [6.07, 6.45) is 1.72. The molecule has 0 unspecified atom stereocenters. The Morgan fingerprint density at radius 1 is 1.10 bits per heavy atom. The zero-order valence-electron chi connectivity index (χ0n) is 17.0. The lowest BCUT2D eigenvalue weighted by Gasteiger charge is -2.38. The highest BCUT2D eigenvalue weighted by Crippen LogP contribution is 2.34. The first-order chi connectivity index (χ1) is 14.6.